The van der Waals surface area contributed by atoms with Gasteiger partial charge in [0.25, 0.3) is 0 Å². The molecule has 1 aromatic heterocycles. The fourth-order valence-corrected chi connectivity index (χ4v) is 2.58. The van der Waals surface area contributed by atoms with Crippen LogP contribution in [0, 0.1) is 13.8 Å². The van der Waals surface area contributed by atoms with Crippen molar-refractivity contribution in [3.05, 3.63) is 17.5 Å². The maximum Gasteiger partial charge on any atom is 0.0596 e. The van der Waals surface area contributed by atoms with Crippen LogP contribution in [0.15, 0.2) is 6.07 Å². The summed E-state index contributed by atoms with van der Waals surface area (Å²) in [6.07, 6.45) is 2.67. The first kappa shape index (κ1) is 10.7. The van der Waals surface area contributed by atoms with Crippen LogP contribution in [0.25, 0.3) is 0 Å². The van der Waals surface area contributed by atoms with Gasteiger partial charge in [-0.15, -0.1) is 0 Å². The molecule has 1 saturated heterocycles. The predicted octanol–water partition coefficient (Wildman–Crippen LogP) is 1.98. The Balaban J connectivity index is 2.05. The van der Waals surface area contributed by atoms with E-state index in [0.29, 0.717) is 6.04 Å². The summed E-state index contributed by atoms with van der Waals surface area (Å²) in [5, 5.41) is 4.53. The summed E-state index contributed by atoms with van der Waals surface area (Å²) >= 11 is 0. The molecule has 1 aliphatic heterocycles. The molecule has 0 amide bonds. The largest absolute Gasteiger partial charge is 0.299 e. The number of likely N-dealkylation sites (N-methyl/N-ethyl adjacent to an activating group) is 1. The van der Waals surface area contributed by atoms with Crippen LogP contribution in [0.3, 0.4) is 0 Å². The van der Waals surface area contributed by atoms with E-state index in [1.807, 2.05) is 0 Å². The number of hydrogen-bond acceptors (Lipinski definition) is 2. The van der Waals surface area contributed by atoms with Gasteiger partial charge in [-0.3, -0.25) is 9.58 Å². The Morgan fingerprint density at radius 2 is 2.27 bits per heavy atom. The molecule has 1 aliphatic rings. The molecule has 1 unspecified atom stereocenters. The zero-order valence-electron chi connectivity index (χ0n) is 10.0. The molecular weight excluding hydrogens is 186 g/mol. The summed E-state index contributed by atoms with van der Waals surface area (Å²) in [5.74, 6) is 0. The number of likely N-dealkylation sites (tertiary alicyclic amines) is 1. The summed E-state index contributed by atoms with van der Waals surface area (Å²) in [5.41, 5.74) is 2.42. The third-order valence-electron chi connectivity index (χ3n) is 3.39. The Morgan fingerprint density at radius 1 is 1.47 bits per heavy atom. The normalized spacial score (nSPS) is 22.5. The summed E-state index contributed by atoms with van der Waals surface area (Å²) in [6.45, 7) is 9.96. The van der Waals surface area contributed by atoms with Gasteiger partial charge in [-0.05, 0) is 45.8 Å². The highest BCUT2D eigenvalue weighted by Gasteiger charge is 2.23. The van der Waals surface area contributed by atoms with Gasteiger partial charge >= 0.3 is 0 Å². The van der Waals surface area contributed by atoms with Gasteiger partial charge in [0.05, 0.1) is 12.2 Å². The maximum absolute atomic E-state index is 4.53. The molecule has 1 aromatic rings. The Kier molecular flexibility index (Phi) is 3.10. The second kappa shape index (κ2) is 4.35. The first-order valence-electron chi connectivity index (χ1n) is 5.96. The van der Waals surface area contributed by atoms with E-state index >= 15 is 0 Å². The van der Waals surface area contributed by atoms with Crippen molar-refractivity contribution in [2.75, 3.05) is 13.1 Å². The quantitative estimate of drug-likeness (QED) is 0.755. The minimum absolute atomic E-state index is 0.702. The summed E-state index contributed by atoms with van der Waals surface area (Å²) in [4.78, 5) is 2.57. The Labute approximate surface area is 92.1 Å². The van der Waals surface area contributed by atoms with Gasteiger partial charge in [0.1, 0.15) is 0 Å². The Hall–Kier alpha value is -0.830. The second-order valence-electron chi connectivity index (χ2n) is 4.53. The summed E-state index contributed by atoms with van der Waals surface area (Å²) < 4.78 is 2.16. The lowest BCUT2D eigenvalue weighted by Crippen LogP contribution is -2.33. The lowest BCUT2D eigenvalue weighted by Gasteiger charge is -2.23. The van der Waals surface area contributed by atoms with Gasteiger partial charge in [-0.25, -0.2) is 0 Å². The van der Waals surface area contributed by atoms with E-state index in [-0.39, 0.29) is 0 Å². The molecule has 2 heterocycles. The average Bonchev–Trinajstić information content (AvgIpc) is 2.74. The number of aromatic nitrogens is 2. The molecule has 0 spiro atoms. The van der Waals surface area contributed by atoms with Gasteiger partial charge < -0.3 is 0 Å². The highest BCUT2D eigenvalue weighted by molar-refractivity contribution is 5.06. The zero-order valence-corrected chi connectivity index (χ0v) is 10.0. The molecule has 0 aromatic carbocycles. The van der Waals surface area contributed by atoms with E-state index in [4.69, 9.17) is 0 Å². The molecule has 3 heteroatoms. The number of nitrogens with zero attached hydrogens (tertiary/aromatic N) is 3. The van der Waals surface area contributed by atoms with Crippen molar-refractivity contribution in [2.24, 2.45) is 0 Å². The van der Waals surface area contributed by atoms with E-state index in [1.54, 1.807) is 0 Å². The van der Waals surface area contributed by atoms with Crippen LogP contribution >= 0.6 is 0 Å². The van der Waals surface area contributed by atoms with Gasteiger partial charge in [0.2, 0.25) is 0 Å². The molecule has 15 heavy (non-hydrogen) atoms. The third kappa shape index (κ3) is 2.23. The smallest absolute Gasteiger partial charge is 0.0596 e. The Morgan fingerprint density at radius 3 is 2.87 bits per heavy atom. The first-order valence-corrected chi connectivity index (χ1v) is 5.96. The Bertz CT molecular complexity index is 330. The van der Waals surface area contributed by atoms with Crippen LogP contribution < -0.4 is 0 Å². The van der Waals surface area contributed by atoms with E-state index < -0.39 is 0 Å². The molecule has 1 atom stereocenters. The van der Waals surface area contributed by atoms with E-state index in [0.717, 1.165) is 12.2 Å². The van der Waals surface area contributed by atoms with Crippen molar-refractivity contribution in [1.82, 2.24) is 14.7 Å². The fraction of sp³-hybridized carbons (Fsp3) is 0.750. The van der Waals surface area contributed by atoms with E-state index in [1.165, 1.54) is 31.6 Å². The van der Waals surface area contributed by atoms with Crippen LogP contribution in [0.2, 0.25) is 0 Å². The van der Waals surface area contributed by atoms with Gasteiger partial charge in [0, 0.05) is 11.7 Å². The second-order valence-corrected chi connectivity index (χ2v) is 4.53. The SMILES string of the molecule is CCN1CCCC1Cn1nc(C)cc1C. The lowest BCUT2D eigenvalue weighted by atomic mass is 10.2. The van der Waals surface area contributed by atoms with Gasteiger partial charge in [-0.2, -0.15) is 5.10 Å². The molecule has 0 N–H and O–H groups in total. The average molecular weight is 207 g/mol. The summed E-state index contributed by atoms with van der Waals surface area (Å²) in [6, 6.07) is 2.86. The molecular formula is C12H21N3. The highest BCUT2D eigenvalue weighted by atomic mass is 15.3. The molecule has 0 radical (unpaired) electrons. The molecule has 1 fully saturated rings. The first-order chi connectivity index (χ1) is 7.20. The van der Waals surface area contributed by atoms with Gasteiger partial charge in [-0.1, -0.05) is 6.92 Å². The van der Waals surface area contributed by atoms with Crippen LogP contribution in [0.4, 0.5) is 0 Å². The molecule has 3 nitrogen and oxygen atoms in total. The van der Waals surface area contributed by atoms with Crippen molar-refractivity contribution in [3.63, 3.8) is 0 Å². The molecule has 0 saturated carbocycles. The number of hydrogen-bond donors (Lipinski definition) is 0. The predicted molar refractivity (Wildman–Crippen MR) is 62.0 cm³/mol. The van der Waals surface area contributed by atoms with Gasteiger partial charge in [0.15, 0.2) is 0 Å². The number of aryl methyl sites for hydroxylation is 2. The van der Waals surface area contributed by atoms with Crippen molar-refractivity contribution in [3.8, 4) is 0 Å². The topological polar surface area (TPSA) is 21.1 Å². The molecule has 2 rings (SSSR count). The van der Waals surface area contributed by atoms with Crippen LogP contribution in [-0.4, -0.2) is 33.8 Å². The summed E-state index contributed by atoms with van der Waals surface area (Å²) in [7, 11) is 0. The van der Waals surface area contributed by atoms with Crippen molar-refractivity contribution in [2.45, 2.75) is 46.2 Å². The highest BCUT2D eigenvalue weighted by Crippen LogP contribution is 2.18. The van der Waals surface area contributed by atoms with Crippen LogP contribution in [0.1, 0.15) is 31.2 Å². The molecule has 84 valence electrons. The van der Waals surface area contributed by atoms with E-state index in [2.05, 4.69) is 41.5 Å². The van der Waals surface area contributed by atoms with Crippen molar-refractivity contribution in [1.29, 1.82) is 0 Å². The van der Waals surface area contributed by atoms with Crippen LogP contribution in [-0.2, 0) is 6.54 Å². The minimum Gasteiger partial charge on any atom is -0.299 e. The van der Waals surface area contributed by atoms with E-state index in [9.17, 15) is 0 Å². The van der Waals surface area contributed by atoms with Crippen molar-refractivity contribution >= 4 is 0 Å². The number of rotatable bonds is 3. The monoisotopic (exact) mass is 207 g/mol. The molecule has 0 aliphatic carbocycles. The third-order valence-corrected chi connectivity index (χ3v) is 3.39. The molecule has 0 bridgehead atoms. The standard InChI is InChI=1S/C12H21N3/c1-4-14-7-5-6-12(14)9-15-11(3)8-10(2)13-15/h8,12H,4-7,9H2,1-3H3. The fourth-order valence-electron chi connectivity index (χ4n) is 2.58. The van der Waals surface area contributed by atoms with Crippen LogP contribution in [0.5, 0.6) is 0 Å². The van der Waals surface area contributed by atoms with Crippen molar-refractivity contribution < 1.29 is 0 Å². The minimum atomic E-state index is 0.702. The zero-order chi connectivity index (χ0) is 10.8. The lowest BCUT2D eigenvalue weighted by molar-refractivity contribution is 0.237. The maximum atomic E-state index is 4.53.